The minimum absolute atomic E-state index is 0.00449. The van der Waals surface area contributed by atoms with E-state index in [4.69, 9.17) is 10.6 Å². The van der Waals surface area contributed by atoms with E-state index in [9.17, 15) is 13.2 Å². The molecule has 1 aliphatic carbocycles. The van der Waals surface area contributed by atoms with Crippen LogP contribution in [0.4, 0.5) is 13.2 Å². The van der Waals surface area contributed by atoms with Crippen LogP contribution in [0, 0.1) is 17.5 Å². The van der Waals surface area contributed by atoms with Crippen molar-refractivity contribution in [1.82, 2.24) is 5.43 Å². The quantitative estimate of drug-likeness (QED) is 0.509. The van der Waals surface area contributed by atoms with Crippen molar-refractivity contribution in [3.8, 4) is 0 Å². The maximum absolute atomic E-state index is 14.0. The summed E-state index contributed by atoms with van der Waals surface area (Å²) in [6, 6.07) is 1.40. The summed E-state index contributed by atoms with van der Waals surface area (Å²) in [4.78, 5) is 0. The predicted octanol–water partition coefficient (Wildman–Crippen LogP) is 2.96. The van der Waals surface area contributed by atoms with Crippen LogP contribution in [0.1, 0.15) is 43.7 Å². The van der Waals surface area contributed by atoms with E-state index >= 15 is 0 Å². The van der Waals surface area contributed by atoms with Gasteiger partial charge in [0.1, 0.15) is 0 Å². The van der Waals surface area contributed by atoms with Crippen LogP contribution in [0.15, 0.2) is 12.1 Å². The summed E-state index contributed by atoms with van der Waals surface area (Å²) in [6.45, 7) is 0. The maximum Gasteiger partial charge on any atom is 0.194 e. The molecule has 0 spiro atoms. The van der Waals surface area contributed by atoms with Gasteiger partial charge in [-0.25, -0.2) is 18.6 Å². The van der Waals surface area contributed by atoms with Gasteiger partial charge in [0.25, 0.3) is 0 Å². The summed E-state index contributed by atoms with van der Waals surface area (Å²) in [5.74, 6) is 1.63. The molecule has 3 N–H and O–H groups in total. The second-order valence-electron chi connectivity index (χ2n) is 5.19. The fourth-order valence-corrected chi connectivity index (χ4v) is 3.05. The number of halogens is 3. The molecule has 112 valence electrons. The highest BCUT2D eigenvalue weighted by Gasteiger charge is 2.42. The fourth-order valence-electron chi connectivity index (χ4n) is 3.05. The Morgan fingerprint density at radius 2 is 1.80 bits per heavy atom. The molecule has 0 amide bonds. The van der Waals surface area contributed by atoms with E-state index < -0.39 is 29.1 Å². The predicted molar refractivity (Wildman–Crippen MR) is 69.2 cm³/mol. The molecule has 2 rings (SSSR count). The SMILES string of the molecule is COC1(C(NN)c2ccc(F)c(F)c2F)CCCCC1. The van der Waals surface area contributed by atoms with Gasteiger partial charge in [0, 0.05) is 12.7 Å². The first-order valence-electron chi connectivity index (χ1n) is 6.70. The Morgan fingerprint density at radius 3 is 2.35 bits per heavy atom. The van der Waals surface area contributed by atoms with Crippen molar-refractivity contribution in [2.45, 2.75) is 43.7 Å². The molecule has 0 saturated heterocycles. The standard InChI is InChI=1S/C14H19F3N2O/c1-20-14(7-3-2-4-8-14)13(19-18)9-5-6-10(15)12(17)11(9)16/h5-6,13,19H,2-4,7-8,18H2,1H3. The van der Waals surface area contributed by atoms with Gasteiger partial charge in [0.2, 0.25) is 0 Å². The van der Waals surface area contributed by atoms with Crippen molar-refractivity contribution in [3.63, 3.8) is 0 Å². The van der Waals surface area contributed by atoms with Crippen molar-refractivity contribution < 1.29 is 17.9 Å². The minimum atomic E-state index is -1.48. The lowest BCUT2D eigenvalue weighted by atomic mass is 9.76. The van der Waals surface area contributed by atoms with Gasteiger partial charge in [0.15, 0.2) is 17.5 Å². The molecule has 0 radical (unpaired) electrons. The highest BCUT2D eigenvalue weighted by Crippen LogP contribution is 2.41. The Bertz CT molecular complexity index is 476. The molecule has 0 aromatic heterocycles. The van der Waals surface area contributed by atoms with E-state index in [0.29, 0.717) is 12.8 Å². The van der Waals surface area contributed by atoms with Crippen LogP contribution in [0.5, 0.6) is 0 Å². The zero-order chi connectivity index (χ0) is 14.8. The highest BCUT2D eigenvalue weighted by molar-refractivity contribution is 5.26. The number of hydrazine groups is 1. The molecule has 0 heterocycles. The van der Waals surface area contributed by atoms with Crippen LogP contribution in [0.2, 0.25) is 0 Å². The third-order valence-electron chi connectivity index (χ3n) is 4.18. The van der Waals surface area contributed by atoms with Gasteiger partial charge < -0.3 is 4.74 Å². The Hall–Kier alpha value is -1.11. The van der Waals surface area contributed by atoms with Gasteiger partial charge in [-0.1, -0.05) is 25.3 Å². The van der Waals surface area contributed by atoms with Gasteiger partial charge in [0.05, 0.1) is 11.6 Å². The van der Waals surface area contributed by atoms with Crippen LogP contribution in [0.25, 0.3) is 0 Å². The second kappa shape index (κ2) is 6.11. The summed E-state index contributed by atoms with van der Waals surface area (Å²) in [7, 11) is 1.54. The topological polar surface area (TPSA) is 47.3 Å². The molecule has 1 unspecified atom stereocenters. The molecule has 1 aromatic rings. The van der Waals surface area contributed by atoms with Crippen molar-refractivity contribution in [2.75, 3.05) is 7.11 Å². The van der Waals surface area contributed by atoms with Crippen LogP contribution in [-0.2, 0) is 4.74 Å². The van der Waals surface area contributed by atoms with Gasteiger partial charge in [-0.2, -0.15) is 0 Å². The first-order valence-corrected chi connectivity index (χ1v) is 6.70. The molecule has 20 heavy (non-hydrogen) atoms. The van der Waals surface area contributed by atoms with E-state index in [-0.39, 0.29) is 5.56 Å². The van der Waals surface area contributed by atoms with Crippen LogP contribution in [-0.4, -0.2) is 12.7 Å². The highest BCUT2D eigenvalue weighted by atomic mass is 19.2. The van der Waals surface area contributed by atoms with E-state index in [1.54, 1.807) is 0 Å². The molecule has 6 heteroatoms. The van der Waals surface area contributed by atoms with Crippen molar-refractivity contribution in [3.05, 3.63) is 35.1 Å². The van der Waals surface area contributed by atoms with Crippen molar-refractivity contribution in [2.24, 2.45) is 5.84 Å². The molecule has 1 aliphatic rings. The number of methoxy groups -OCH3 is 1. The molecule has 0 bridgehead atoms. The van der Waals surface area contributed by atoms with Gasteiger partial charge in [-0.3, -0.25) is 5.84 Å². The number of hydrogen-bond acceptors (Lipinski definition) is 3. The normalized spacial score (nSPS) is 19.9. The largest absolute Gasteiger partial charge is 0.376 e. The summed E-state index contributed by atoms with van der Waals surface area (Å²) >= 11 is 0. The molecule has 1 fully saturated rings. The molecule has 1 atom stereocenters. The second-order valence-corrected chi connectivity index (χ2v) is 5.19. The summed E-state index contributed by atoms with van der Waals surface area (Å²) in [5, 5.41) is 0. The fraction of sp³-hybridized carbons (Fsp3) is 0.571. The van der Waals surface area contributed by atoms with Gasteiger partial charge in [-0.05, 0) is 18.9 Å². The smallest absolute Gasteiger partial charge is 0.194 e. The number of rotatable bonds is 4. The molecular formula is C14H19F3N2O. The summed E-state index contributed by atoms with van der Waals surface area (Å²) in [6.07, 6.45) is 4.31. The van der Waals surface area contributed by atoms with Crippen LogP contribution < -0.4 is 11.3 Å². The third kappa shape index (κ3) is 2.55. The van der Waals surface area contributed by atoms with Crippen molar-refractivity contribution in [1.29, 1.82) is 0 Å². The monoisotopic (exact) mass is 288 g/mol. The average molecular weight is 288 g/mol. The summed E-state index contributed by atoms with van der Waals surface area (Å²) in [5.41, 5.74) is 1.81. The van der Waals surface area contributed by atoms with Crippen LogP contribution >= 0.6 is 0 Å². The zero-order valence-electron chi connectivity index (χ0n) is 11.4. The van der Waals surface area contributed by atoms with Gasteiger partial charge in [-0.15, -0.1) is 0 Å². The number of hydrogen-bond donors (Lipinski definition) is 2. The molecule has 1 aromatic carbocycles. The van der Waals surface area contributed by atoms with Crippen molar-refractivity contribution >= 4 is 0 Å². The molecule has 1 saturated carbocycles. The molecule has 3 nitrogen and oxygen atoms in total. The number of nitrogens with two attached hydrogens (primary N) is 1. The third-order valence-corrected chi connectivity index (χ3v) is 4.18. The van der Waals surface area contributed by atoms with E-state index in [1.165, 1.54) is 13.2 Å². The maximum atomic E-state index is 14.0. The first-order chi connectivity index (χ1) is 9.55. The number of benzene rings is 1. The van der Waals surface area contributed by atoms with E-state index in [1.807, 2.05) is 0 Å². The van der Waals surface area contributed by atoms with E-state index in [0.717, 1.165) is 25.3 Å². The lowest BCUT2D eigenvalue weighted by Crippen LogP contribution is -2.49. The summed E-state index contributed by atoms with van der Waals surface area (Å²) < 4.78 is 46.1. The van der Waals surface area contributed by atoms with Gasteiger partial charge >= 0.3 is 0 Å². The Balaban J connectivity index is 2.43. The Morgan fingerprint density at radius 1 is 1.15 bits per heavy atom. The first kappa shape index (κ1) is 15.3. The minimum Gasteiger partial charge on any atom is -0.376 e. The number of nitrogens with one attached hydrogen (secondary N) is 1. The zero-order valence-corrected chi connectivity index (χ0v) is 11.4. The lowest BCUT2D eigenvalue weighted by Gasteiger charge is -2.42. The number of ether oxygens (including phenoxy) is 1. The lowest BCUT2D eigenvalue weighted by molar-refractivity contribution is -0.0697. The average Bonchev–Trinajstić information content (AvgIpc) is 2.49. The molecular weight excluding hydrogens is 269 g/mol. The Kier molecular flexibility index (Phi) is 4.67. The van der Waals surface area contributed by atoms with Crippen LogP contribution in [0.3, 0.4) is 0 Å². The van der Waals surface area contributed by atoms with E-state index in [2.05, 4.69) is 5.43 Å². The molecule has 0 aliphatic heterocycles. The Labute approximate surface area is 116 Å².